The predicted molar refractivity (Wildman–Crippen MR) is 120 cm³/mol. The number of benzene rings is 2. The molecule has 0 aliphatic carbocycles. The van der Waals surface area contributed by atoms with Crippen molar-refractivity contribution in [2.24, 2.45) is 0 Å². The second-order valence-electron chi connectivity index (χ2n) is 8.12. The highest BCUT2D eigenvalue weighted by atomic mass is 35.5. The SMILES string of the molecule is O=C(CN1C2CCCC1CC(NC(=O)c1cccc(Cl)c1)C2)Nc1ccc(Cl)cc1. The highest BCUT2D eigenvalue weighted by Crippen LogP contribution is 2.34. The molecule has 2 saturated heterocycles. The van der Waals surface area contributed by atoms with Crippen molar-refractivity contribution in [2.75, 3.05) is 11.9 Å². The minimum atomic E-state index is -0.0884. The molecule has 30 heavy (non-hydrogen) atoms. The van der Waals surface area contributed by atoms with Crippen molar-refractivity contribution in [1.82, 2.24) is 10.2 Å². The molecule has 0 saturated carbocycles. The van der Waals surface area contributed by atoms with E-state index in [0.29, 0.717) is 34.2 Å². The third-order valence-corrected chi connectivity index (χ3v) is 6.49. The van der Waals surface area contributed by atoms with Gasteiger partial charge in [-0.2, -0.15) is 0 Å². The van der Waals surface area contributed by atoms with Crippen LogP contribution in [0.4, 0.5) is 5.69 Å². The van der Waals surface area contributed by atoms with Gasteiger partial charge < -0.3 is 10.6 Å². The monoisotopic (exact) mass is 445 g/mol. The second kappa shape index (κ2) is 9.38. The van der Waals surface area contributed by atoms with Crippen molar-refractivity contribution in [3.8, 4) is 0 Å². The molecule has 2 unspecified atom stereocenters. The molecule has 2 aliphatic rings. The Hall–Kier alpha value is -2.08. The number of anilines is 1. The van der Waals surface area contributed by atoms with Crippen LogP contribution in [0.25, 0.3) is 0 Å². The molecule has 2 bridgehead atoms. The topological polar surface area (TPSA) is 61.4 Å². The van der Waals surface area contributed by atoms with E-state index < -0.39 is 0 Å². The number of amides is 2. The molecule has 0 aromatic heterocycles. The van der Waals surface area contributed by atoms with Crippen molar-refractivity contribution in [3.05, 3.63) is 64.1 Å². The Balaban J connectivity index is 1.35. The molecule has 2 fully saturated rings. The Morgan fingerprint density at radius 3 is 2.33 bits per heavy atom. The molecule has 0 spiro atoms. The van der Waals surface area contributed by atoms with Gasteiger partial charge in [-0.3, -0.25) is 14.5 Å². The molecule has 2 amide bonds. The summed E-state index contributed by atoms with van der Waals surface area (Å²) in [6, 6.07) is 14.9. The summed E-state index contributed by atoms with van der Waals surface area (Å²) >= 11 is 11.9. The lowest BCUT2D eigenvalue weighted by Gasteiger charge is -2.48. The maximum absolute atomic E-state index is 12.6. The summed E-state index contributed by atoms with van der Waals surface area (Å²) in [5.74, 6) is -0.106. The van der Waals surface area contributed by atoms with Crippen molar-refractivity contribution in [3.63, 3.8) is 0 Å². The van der Waals surface area contributed by atoms with Gasteiger partial charge in [-0.25, -0.2) is 0 Å². The first kappa shape index (κ1) is 21.2. The summed E-state index contributed by atoms with van der Waals surface area (Å²) < 4.78 is 0. The van der Waals surface area contributed by atoms with Gasteiger partial charge in [0.1, 0.15) is 0 Å². The third kappa shape index (κ3) is 5.15. The van der Waals surface area contributed by atoms with Gasteiger partial charge in [0.15, 0.2) is 0 Å². The zero-order valence-corrected chi connectivity index (χ0v) is 18.1. The second-order valence-corrected chi connectivity index (χ2v) is 8.99. The molecule has 7 heteroatoms. The fourth-order valence-electron chi connectivity index (χ4n) is 4.65. The Kier molecular flexibility index (Phi) is 6.61. The van der Waals surface area contributed by atoms with Gasteiger partial charge in [0.05, 0.1) is 6.54 Å². The van der Waals surface area contributed by atoms with Crippen LogP contribution in [0.15, 0.2) is 48.5 Å². The van der Waals surface area contributed by atoms with Crippen LogP contribution >= 0.6 is 23.2 Å². The van der Waals surface area contributed by atoms with Crippen LogP contribution in [-0.2, 0) is 4.79 Å². The maximum atomic E-state index is 12.6. The average molecular weight is 446 g/mol. The smallest absolute Gasteiger partial charge is 0.251 e. The summed E-state index contributed by atoms with van der Waals surface area (Å²) in [6.45, 7) is 0.368. The Morgan fingerprint density at radius 1 is 0.967 bits per heavy atom. The van der Waals surface area contributed by atoms with Crippen LogP contribution in [0.3, 0.4) is 0 Å². The van der Waals surface area contributed by atoms with Crippen LogP contribution in [0.2, 0.25) is 10.0 Å². The molecular formula is C23H25Cl2N3O2. The molecule has 2 heterocycles. The number of hydrogen-bond donors (Lipinski definition) is 2. The molecule has 0 radical (unpaired) electrons. The number of nitrogens with one attached hydrogen (secondary N) is 2. The lowest BCUT2D eigenvalue weighted by atomic mass is 9.81. The molecule has 2 aromatic carbocycles. The van der Waals surface area contributed by atoms with E-state index in [-0.39, 0.29) is 17.9 Å². The van der Waals surface area contributed by atoms with Crippen molar-refractivity contribution >= 4 is 40.7 Å². The summed E-state index contributed by atoms with van der Waals surface area (Å²) in [4.78, 5) is 27.5. The van der Waals surface area contributed by atoms with E-state index in [0.717, 1.165) is 31.4 Å². The van der Waals surface area contributed by atoms with Crippen LogP contribution in [-0.4, -0.2) is 41.4 Å². The summed E-state index contributed by atoms with van der Waals surface area (Å²) in [7, 11) is 0. The number of carbonyl (C=O) groups is 2. The Labute approximate surface area is 186 Å². The van der Waals surface area contributed by atoms with Crippen LogP contribution in [0.5, 0.6) is 0 Å². The molecule has 158 valence electrons. The van der Waals surface area contributed by atoms with Crippen molar-refractivity contribution in [2.45, 2.75) is 50.2 Å². The summed E-state index contributed by atoms with van der Waals surface area (Å²) in [6.07, 6.45) is 4.98. The van der Waals surface area contributed by atoms with Gasteiger partial charge in [-0.15, -0.1) is 0 Å². The fourth-order valence-corrected chi connectivity index (χ4v) is 4.97. The largest absolute Gasteiger partial charge is 0.349 e. The fraction of sp³-hybridized carbons (Fsp3) is 0.391. The minimum absolute atomic E-state index is 0.0179. The highest BCUT2D eigenvalue weighted by molar-refractivity contribution is 6.31. The third-order valence-electron chi connectivity index (χ3n) is 6.00. The number of carbonyl (C=O) groups excluding carboxylic acids is 2. The van der Waals surface area contributed by atoms with Gasteiger partial charge in [-0.1, -0.05) is 35.7 Å². The van der Waals surface area contributed by atoms with E-state index >= 15 is 0 Å². The normalized spacial score (nSPS) is 23.6. The first-order valence-corrected chi connectivity index (χ1v) is 11.1. The van der Waals surface area contributed by atoms with Crippen molar-refractivity contribution in [1.29, 1.82) is 0 Å². The molecule has 2 atom stereocenters. The van der Waals surface area contributed by atoms with E-state index in [1.807, 2.05) is 0 Å². The van der Waals surface area contributed by atoms with Gasteiger partial charge in [0.2, 0.25) is 5.91 Å². The number of nitrogens with zero attached hydrogens (tertiary/aromatic N) is 1. The first-order chi connectivity index (χ1) is 14.5. The average Bonchev–Trinajstić information content (AvgIpc) is 2.70. The molecule has 2 aromatic rings. The number of fused-ring (bicyclic) bond motifs is 2. The van der Waals surface area contributed by atoms with E-state index in [2.05, 4.69) is 15.5 Å². The lowest BCUT2D eigenvalue weighted by Crippen LogP contribution is -2.58. The van der Waals surface area contributed by atoms with E-state index in [4.69, 9.17) is 23.2 Å². The lowest BCUT2D eigenvalue weighted by molar-refractivity contribution is -0.120. The first-order valence-electron chi connectivity index (χ1n) is 10.4. The van der Waals surface area contributed by atoms with Gasteiger partial charge >= 0.3 is 0 Å². The Bertz CT molecular complexity index is 905. The summed E-state index contributed by atoms with van der Waals surface area (Å²) in [5.41, 5.74) is 1.33. The molecule has 5 nitrogen and oxygen atoms in total. The number of halogens is 2. The molecular weight excluding hydrogens is 421 g/mol. The molecule has 2 aliphatic heterocycles. The highest BCUT2D eigenvalue weighted by Gasteiger charge is 2.39. The van der Waals surface area contributed by atoms with Gasteiger partial charge in [0, 0.05) is 39.4 Å². The van der Waals surface area contributed by atoms with Gasteiger partial charge in [-0.05, 0) is 68.1 Å². The standard InChI is InChI=1S/C23H25Cl2N3O2/c24-16-7-9-18(10-8-16)26-22(29)14-28-20-5-2-6-21(28)13-19(12-20)27-23(30)15-3-1-4-17(25)11-15/h1,3-4,7-11,19-21H,2,5-6,12-14H2,(H,26,29)(H,27,30). The van der Waals surface area contributed by atoms with Crippen LogP contribution in [0, 0.1) is 0 Å². The van der Waals surface area contributed by atoms with E-state index in [1.165, 1.54) is 6.42 Å². The maximum Gasteiger partial charge on any atom is 0.251 e. The van der Waals surface area contributed by atoms with Crippen LogP contribution in [0.1, 0.15) is 42.5 Å². The zero-order valence-electron chi connectivity index (χ0n) is 16.6. The van der Waals surface area contributed by atoms with Gasteiger partial charge in [0.25, 0.3) is 5.91 Å². The number of piperidine rings is 2. The zero-order chi connectivity index (χ0) is 21.1. The summed E-state index contributed by atoms with van der Waals surface area (Å²) in [5, 5.41) is 7.33. The number of hydrogen-bond acceptors (Lipinski definition) is 3. The van der Waals surface area contributed by atoms with E-state index in [1.54, 1.807) is 48.5 Å². The molecule has 4 rings (SSSR count). The van der Waals surface area contributed by atoms with E-state index in [9.17, 15) is 9.59 Å². The Morgan fingerprint density at radius 2 is 1.67 bits per heavy atom. The number of rotatable bonds is 5. The minimum Gasteiger partial charge on any atom is -0.349 e. The van der Waals surface area contributed by atoms with Crippen molar-refractivity contribution < 1.29 is 9.59 Å². The van der Waals surface area contributed by atoms with Crippen LogP contribution < -0.4 is 10.6 Å². The predicted octanol–water partition coefficient (Wildman–Crippen LogP) is 4.75. The molecule has 2 N–H and O–H groups in total. The quantitative estimate of drug-likeness (QED) is 0.697.